The van der Waals surface area contributed by atoms with Gasteiger partial charge in [-0.3, -0.25) is 9.52 Å². The van der Waals surface area contributed by atoms with E-state index < -0.39 is 33.0 Å². The van der Waals surface area contributed by atoms with E-state index in [4.69, 9.17) is 11.6 Å². The Morgan fingerprint density at radius 2 is 1.80 bits per heavy atom. The van der Waals surface area contributed by atoms with Crippen molar-refractivity contribution in [2.45, 2.75) is 24.7 Å². The van der Waals surface area contributed by atoms with Crippen LogP contribution in [0.15, 0.2) is 78.0 Å². The summed E-state index contributed by atoms with van der Waals surface area (Å²) in [5, 5.41) is 17.6. The van der Waals surface area contributed by atoms with E-state index in [1.807, 2.05) is 0 Å². The fourth-order valence-electron chi connectivity index (χ4n) is 5.95. The minimum absolute atomic E-state index is 0.0696. The zero-order chi connectivity index (χ0) is 35.2. The molecule has 1 amide bonds. The number of rotatable bonds is 8. The maximum absolute atomic E-state index is 15.9. The van der Waals surface area contributed by atoms with Crippen molar-refractivity contribution in [3.63, 3.8) is 0 Å². The van der Waals surface area contributed by atoms with E-state index in [9.17, 15) is 18.3 Å². The van der Waals surface area contributed by atoms with E-state index in [1.165, 1.54) is 36.1 Å². The summed E-state index contributed by atoms with van der Waals surface area (Å²) in [6.45, 7) is 2.60. The average molecular weight is 719 g/mol. The zero-order valence-corrected chi connectivity index (χ0v) is 28.0. The number of carbonyl (C=O) groups excluding carboxylic acids is 1. The molecule has 1 aliphatic rings. The summed E-state index contributed by atoms with van der Waals surface area (Å²) < 4.78 is 61.0. The number of carbonyl (C=O) groups is 1. The van der Waals surface area contributed by atoms with Gasteiger partial charge in [-0.1, -0.05) is 35.9 Å². The van der Waals surface area contributed by atoms with Crippen LogP contribution in [0.2, 0.25) is 5.02 Å². The van der Waals surface area contributed by atoms with Crippen molar-refractivity contribution in [3.05, 3.63) is 101 Å². The van der Waals surface area contributed by atoms with E-state index in [0.717, 1.165) is 12.1 Å². The second kappa shape index (κ2) is 13.2. The molecule has 0 radical (unpaired) electrons. The van der Waals surface area contributed by atoms with Crippen molar-refractivity contribution < 1.29 is 27.1 Å². The van der Waals surface area contributed by atoms with Crippen molar-refractivity contribution in [1.82, 2.24) is 29.6 Å². The third-order valence-corrected chi connectivity index (χ3v) is 10.6. The summed E-state index contributed by atoms with van der Waals surface area (Å²) in [5.74, 6) is -2.11. The molecule has 0 unspecified atom stereocenters. The largest absolute Gasteiger partial charge is 0.396 e. The molecule has 1 fully saturated rings. The number of sulfonamides is 1. The van der Waals surface area contributed by atoms with E-state index >= 15 is 8.78 Å². The summed E-state index contributed by atoms with van der Waals surface area (Å²) >= 11 is 6.10. The molecule has 0 atom stereocenters. The third kappa shape index (κ3) is 6.08. The van der Waals surface area contributed by atoms with Gasteiger partial charge in [0.25, 0.3) is 15.9 Å². The highest BCUT2D eigenvalue weighted by molar-refractivity contribution is 7.92. The highest BCUT2D eigenvalue weighted by Gasteiger charge is 2.28. The van der Waals surface area contributed by atoms with Crippen LogP contribution >= 0.6 is 11.6 Å². The molecule has 50 heavy (non-hydrogen) atoms. The molecule has 7 rings (SSSR count). The van der Waals surface area contributed by atoms with E-state index in [2.05, 4.69) is 30.1 Å². The number of aromatic nitrogens is 5. The number of nitrogens with zero attached hydrogens (tertiary/aromatic N) is 6. The van der Waals surface area contributed by atoms with E-state index in [0.29, 0.717) is 42.4 Å². The molecule has 256 valence electrons. The van der Waals surface area contributed by atoms with Crippen LogP contribution in [-0.4, -0.2) is 68.8 Å². The standard InChI is InChI=1S/C34H29ClF2N8O4S/c1-19-22(35)6-4-8-27(19)50(48,49)43-24-10-9-23(36)31(29(24)37)41-33-32-25(38-18-39-33)11-12-28(40-32)45-26-7-3-2-5-21(26)30(42-45)34(47)44-15-13-20(17-46)14-16-44/h2-12,18,20,43,46H,13-17H2,1H3,(H,38,39,41). The number of fused-ring (bicyclic) bond motifs is 2. The molecule has 3 aromatic carbocycles. The van der Waals surface area contributed by atoms with Gasteiger partial charge in [-0.25, -0.2) is 36.8 Å². The van der Waals surface area contributed by atoms with Crippen LogP contribution in [-0.2, 0) is 10.0 Å². The van der Waals surface area contributed by atoms with E-state index in [1.54, 1.807) is 41.3 Å². The number of nitrogens with one attached hydrogen (secondary N) is 2. The Kier molecular flexibility index (Phi) is 8.80. The smallest absolute Gasteiger partial charge is 0.275 e. The van der Waals surface area contributed by atoms with Crippen LogP contribution in [0.1, 0.15) is 28.9 Å². The Bertz CT molecular complexity index is 2400. The molecule has 4 heterocycles. The SMILES string of the molecule is Cc1c(Cl)cccc1S(=O)(=O)Nc1ccc(F)c(Nc2ncnc3ccc(-n4nc(C(=O)N5CCC(CO)CC5)c5ccccc54)nc23)c1F. The molecule has 16 heteroatoms. The number of halogens is 3. The second-order valence-corrected chi connectivity index (χ2v) is 13.9. The second-order valence-electron chi connectivity index (χ2n) is 11.8. The normalized spacial score (nSPS) is 14.0. The fourth-order valence-corrected chi connectivity index (χ4v) is 7.51. The van der Waals surface area contributed by atoms with Crippen LogP contribution in [0, 0.1) is 24.5 Å². The first-order chi connectivity index (χ1) is 24.1. The molecule has 0 bridgehead atoms. The number of para-hydroxylation sites is 1. The lowest BCUT2D eigenvalue weighted by Crippen LogP contribution is -2.39. The van der Waals surface area contributed by atoms with Crippen molar-refractivity contribution in [2.24, 2.45) is 5.92 Å². The Labute approximate surface area is 289 Å². The fraction of sp³-hybridized carbons (Fsp3) is 0.206. The van der Waals surface area contributed by atoms with Gasteiger partial charge in [0.1, 0.15) is 23.3 Å². The van der Waals surface area contributed by atoms with Gasteiger partial charge in [-0.05, 0) is 73.7 Å². The first kappa shape index (κ1) is 33.3. The number of piperidine rings is 1. The number of benzene rings is 3. The zero-order valence-electron chi connectivity index (χ0n) is 26.4. The van der Waals surface area contributed by atoms with Crippen LogP contribution in [0.25, 0.3) is 27.8 Å². The van der Waals surface area contributed by atoms with Gasteiger partial charge in [-0.15, -0.1) is 0 Å². The number of likely N-dealkylation sites (tertiary alicyclic amines) is 1. The van der Waals surface area contributed by atoms with Crippen LogP contribution in [0.4, 0.5) is 26.0 Å². The van der Waals surface area contributed by atoms with Crippen molar-refractivity contribution in [1.29, 1.82) is 0 Å². The molecule has 6 aromatic rings. The summed E-state index contributed by atoms with van der Waals surface area (Å²) in [4.78, 5) is 28.3. The summed E-state index contributed by atoms with van der Waals surface area (Å²) in [7, 11) is -4.31. The Morgan fingerprint density at radius 1 is 1.02 bits per heavy atom. The predicted octanol–water partition coefficient (Wildman–Crippen LogP) is 5.99. The Balaban J connectivity index is 1.24. The Hall–Kier alpha value is -5.25. The van der Waals surface area contributed by atoms with Gasteiger partial charge in [0.15, 0.2) is 23.1 Å². The van der Waals surface area contributed by atoms with Crippen molar-refractivity contribution >= 4 is 66.7 Å². The first-order valence-corrected chi connectivity index (χ1v) is 17.4. The molecule has 12 nitrogen and oxygen atoms in total. The van der Waals surface area contributed by atoms with Crippen molar-refractivity contribution in [3.8, 4) is 5.82 Å². The quantitative estimate of drug-likeness (QED) is 0.172. The van der Waals surface area contributed by atoms with Gasteiger partial charge >= 0.3 is 0 Å². The lowest BCUT2D eigenvalue weighted by molar-refractivity contribution is 0.0646. The number of hydrogen-bond donors (Lipinski definition) is 3. The molecule has 1 aliphatic heterocycles. The van der Waals surface area contributed by atoms with Crippen LogP contribution < -0.4 is 10.0 Å². The maximum Gasteiger partial charge on any atom is 0.275 e. The number of anilines is 3. The molecule has 1 saturated heterocycles. The molecular weight excluding hydrogens is 690 g/mol. The monoisotopic (exact) mass is 718 g/mol. The lowest BCUT2D eigenvalue weighted by atomic mass is 9.97. The molecule has 0 spiro atoms. The summed E-state index contributed by atoms with van der Waals surface area (Å²) in [6.07, 6.45) is 2.58. The topological polar surface area (TPSA) is 155 Å². The molecule has 0 saturated carbocycles. The number of hydrogen-bond acceptors (Lipinski definition) is 9. The number of amides is 1. The third-order valence-electron chi connectivity index (χ3n) is 8.72. The molecule has 0 aliphatic carbocycles. The molecular formula is C34H29ClF2N8O4S. The lowest BCUT2D eigenvalue weighted by Gasteiger charge is -2.30. The Morgan fingerprint density at radius 3 is 2.58 bits per heavy atom. The molecule has 3 aromatic heterocycles. The number of pyridine rings is 1. The van der Waals surface area contributed by atoms with Gasteiger partial charge in [0, 0.05) is 30.1 Å². The highest BCUT2D eigenvalue weighted by atomic mass is 35.5. The highest BCUT2D eigenvalue weighted by Crippen LogP contribution is 2.33. The van der Waals surface area contributed by atoms with Crippen LogP contribution in [0.5, 0.6) is 0 Å². The summed E-state index contributed by atoms with van der Waals surface area (Å²) in [5.41, 5.74) is 0.378. The van der Waals surface area contributed by atoms with Crippen molar-refractivity contribution in [2.75, 3.05) is 29.7 Å². The first-order valence-electron chi connectivity index (χ1n) is 15.6. The summed E-state index contributed by atoms with van der Waals surface area (Å²) in [6, 6.07) is 16.7. The van der Waals surface area contributed by atoms with Gasteiger partial charge in [-0.2, -0.15) is 5.10 Å². The van der Waals surface area contributed by atoms with Gasteiger partial charge < -0.3 is 15.3 Å². The molecule has 3 N–H and O–H groups in total. The number of aliphatic hydroxyl groups is 1. The minimum Gasteiger partial charge on any atom is -0.396 e. The average Bonchev–Trinajstić information content (AvgIpc) is 3.51. The van der Waals surface area contributed by atoms with E-state index in [-0.39, 0.29) is 56.8 Å². The predicted molar refractivity (Wildman–Crippen MR) is 184 cm³/mol. The number of aliphatic hydroxyl groups excluding tert-OH is 1. The van der Waals surface area contributed by atoms with Gasteiger partial charge in [0.05, 0.1) is 21.6 Å². The van der Waals surface area contributed by atoms with Crippen LogP contribution in [0.3, 0.4) is 0 Å². The maximum atomic E-state index is 15.9. The van der Waals surface area contributed by atoms with Gasteiger partial charge in [0.2, 0.25) is 0 Å². The minimum atomic E-state index is -4.31.